The molecule has 0 N–H and O–H groups in total. The first kappa shape index (κ1) is 15.7. The van der Waals surface area contributed by atoms with Crippen LogP contribution in [0, 0.1) is 5.41 Å². The molecule has 0 bridgehead atoms. The molecule has 0 aromatic heterocycles. The average molecular weight is 274 g/mol. The monoisotopic (exact) mass is 274 g/mol. The highest BCUT2D eigenvalue weighted by molar-refractivity contribution is 6.00. The van der Waals surface area contributed by atoms with Crippen molar-refractivity contribution in [2.75, 3.05) is 7.11 Å². The number of carbonyl (C=O) groups excluding carboxylic acids is 1. The van der Waals surface area contributed by atoms with Crippen LogP contribution < -0.4 is 0 Å². The van der Waals surface area contributed by atoms with Gasteiger partial charge in [-0.1, -0.05) is 32.9 Å². The lowest BCUT2D eigenvalue weighted by atomic mass is 9.84. The third-order valence-electron chi connectivity index (χ3n) is 2.76. The normalized spacial score (nSPS) is 14.3. The Bertz CT molecular complexity index is 441. The molecule has 0 aliphatic rings. The van der Waals surface area contributed by atoms with Gasteiger partial charge in [0, 0.05) is 12.7 Å². The summed E-state index contributed by atoms with van der Waals surface area (Å²) in [6, 6.07) is 4.18. The summed E-state index contributed by atoms with van der Waals surface area (Å²) < 4.78 is 42.4. The fourth-order valence-electron chi connectivity index (χ4n) is 1.83. The van der Waals surface area contributed by atoms with Gasteiger partial charge in [-0.05, 0) is 17.5 Å². The molecule has 0 aliphatic carbocycles. The zero-order valence-corrected chi connectivity index (χ0v) is 11.3. The summed E-state index contributed by atoms with van der Waals surface area (Å²) in [6.07, 6.45) is -5.09. The van der Waals surface area contributed by atoms with Crippen molar-refractivity contribution in [1.29, 1.82) is 0 Å². The summed E-state index contributed by atoms with van der Waals surface area (Å²) in [6.45, 7) is 5.51. The first-order valence-corrected chi connectivity index (χ1v) is 5.81. The van der Waals surface area contributed by atoms with Gasteiger partial charge in [0.1, 0.15) is 6.10 Å². The second kappa shape index (κ2) is 5.33. The van der Waals surface area contributed by atoms with Gasteiger partial charge >= 0.3 is 6.18 Å². The molecule has 1 atom stereocenters. The Morgan fingerprint density at radius 1 is 1.11 bits per heavy atom. The van der Waals surface area contributed by atoms with Crippen LogP contribution in [0.25, 0.3) is 0 Å². The van der Waals surface area contributed by atoms with Crippen LogP contribution in [0.1, 0.15) is 36.7 Å². The van der Waals surface area contributed by atoms with Gasteiger partial charge in [-0.2, -0.15) is 13.2 Å². The lowest BCUT2D eigenvalue weighted by Gasteiger charge is -2.28. The molecule has 106 valence electrons. The maximum atomic E-state index is 12.4. The van der Waals surface area contributed by atoms with Crippen LogP contribution in [0.15, 0.2) is 24.3 Å². The van der Waals surface area contributed by atoms with E-state index in [-0.39, 0.29) is 11.3 Å². The third-order valence-corrected chi connectivity index (χ3v) is 2.76. The quantitative estimate of drug-likeness (QED) is 0.780. The van der Waals surface area contributed by atoms with Gasteiger partial charge in [-0.25, -0.2) is 0 Å². The Kier molecular flexibility index (Phi) is 4.40. The smallest absolute Gasteiger partial charge is 0.373 e. The molecule has 0 aliphatic heterocycles. The van der Waals surface area contributed by atoms with Crippen LogP contribution >= 0.6 is 0 Å². The molecule has 0 radical (unpaired) electrons. The lowest BCUT2D eigenvalue weighted by molar-refractivity contribution is -0.137. The number of ketones is 1. The zero-order valence-electron chi connectivity index (χ0n) is 11.3. The van der Waals surface area contributed by atoms with Gasteiger partial charge in [0.05, 0.1) is 5.56 Å². The first-order chi connectivity index (χ1) is 8.57. The minimum atomic E-state index is -4.40. The van der Waals surface area contributed by atoms with Gasteiger partial charge in [-0.3, -0.25) is 4.79 Å². The maximum Gasteiger partial charge on any atom is 0.416 e. The molecule has 0 heterocycles. The Balaban J connectivity index is 3.01. The van der Waals surface area contributed by atoms with Crippen molar-refractivity contribution >= 4 is 5.78 Å². The Morgan fingerprint density at radius 2 is 1.58 bits per heavy atom. The van der Waals surface area contributed by atoms with E-state index in [2.05, 4.69) is 0 Å². The Morgan fingerprint density at radius 3 is 1.89 bits per heavy atom. The van der Waals surface area contributed by atoms with Gasteiger partial charge in [0.2, 0.25) is 0 Å². The molecular weight excluding hydrogens is 257 g/mol. The van der Waals surface area contributed by atoms with E-state index in [1.165, 1.54) is 19.2 Å². The van der Waals surface area contributed by atoms with E-state index in [0.29, 0.717) is 0 Å². The van der Waals surface area contributed by atoms with Crippen molar-refractivity contribution < 1.29 is 22.7 Å². The van der Waals surface area contributed by atoms with E-state index >= 15 is 0 Å². The zero-order chi connectivity index (χ0) is 14.8. The number of hydrogen-bond acceptors (Lipinski definition) is 2. The molecule has 0 spiro atoms. The van der Waals surface area contributed by atoms with Crippen LogP contribution in [-0.4, -0.2) is 19.0 Å². The molecule has 0 fully saturated rings. The van der Waals surface area contributed by atoms with Crippen molar-refractivity contribution in [3.63, 3.8) is 0 Å². The van der Waals surface area contributed by atoms with Crippen molar-refractivity contribution in [3.8, 4) is 0 Å². The molecule has 1 aromatic carbocycles. The lowest BCUT2D eigenvalue weighted by Crippen LogP contribution is -2.36. The van der Waals surface area contributed by atoms with Crippen molar-refractivity contribution in [1.82, 2.24) is 0 Å². The van der Waals surface area contributed by atoms with Crippen molar-refractivity contribution in [3.05, 3.63) is 35.4 Å². The predicted octanol–water partition coefficient (Wildman–Crippen LogP) is 3.95. The molecule has 2 nitrogen and oxygen atoms in total. The van der Waals surface area contributed by atoms with Crippen LogP contribution in [0.2, 0.25) is 0 Å². The number of ether oxygens (including phenoxy) is 1. The molecule has 5 heteroatoms. The van der Waals surface area contributed by atoms with E-state index in [4.69, 9.17) is 4.74 Å². The largest absolute Gasteiger partial charge is 0.416 e. The second-order valence-electron chi connectivity index (χ2n) is 5.42. The summed E-state index contributed by atoms with van der Waals surface area (Å²) >= 11 is 0. The van der Waals surface area contributed by atoms with E-state index in [0.717, 1.165) is 12.1 Å². The molecule has 1 rings (SSSR count). The highest BCUT2D eigenvalue weighted by atomic mass is 19.4. The summed E-state index contributed by atoms with van der Waals surface area (Å²) in [5.74, 6) is -0.316. The first-order valence-electron chi connectivity index (χ1n) is 5.81. The molecule has 0 amide bonds. The van der Waals surface area contributed by atoms with Gasteiger partial charge < -0.3 is 4.74 Å². The maximum absolute atomic E-state index is 12.4. The molecule has 0 saturated carbocycles. The molecule has 0 saturated heterocycles. The standard InChI is InChI=1S/C14H17F3O2/c1-13(2,3)12(19-4)11(18)9-5-7-10(8-6-9)14(15,16)17/h5-8,12H,1-4H3. The minimum absolute atomic E-state index is 0.217. The van der Waals surface area contributed by atoms with Crippen LogP contribution in [-0.2, 0) is 10.9 Å². The van der Waals surface area contributed by atoms with E-state index in [1.54, 1.807) is 0 Å². The SMILES string of the molecule is COC(C(=O)c1ccc(C(F)(F)F)cc1)C(C)(C)C. The van der Waals surface area contributed by atoms with Gasteiger partial charge in [0.25, 0.3) is 0 Å². The molecule has 1 aromatic rings. The Labute approximate surface area is 110 Å². The van der Waals surface area contributed by atoms with E-state index in [1.807, 2.05) is 20.8 Å². The van der Waals surface area contributed by atoms with E-state index in [9.17, 15) is 18.0 Å². The fourth-order valence-corrected chi connectivity index (χ4v) is 1.83. The number of alkyl halides is 3. The highest BCUT2D eigenvalue weighted by Gasteiger charge is 2.33. The Hall–Kier alpha value is -1.36. The second-order valence-corrected chi connectivity index (χ2v) is 5.42. The number of rotatable bonds is 3. The number of Topliss-reactive ketones (excluding diaryl/α,β-unsaturated/α-hetero) is 1. The number of benzene rings is 1. The third kappa shape index (κ3) is 3.80. The highest BCUT2D eigenvalue weighted by Crippen LogP contribution is 2.30. The van der Waals surface area contributed by atoms with Gasteiger partial charge in [-0.15, -0.1) is 0 Å². The average Bonchev–Trinajstić information content (AvgIpc) is 2.27. The molecular formula is C14H17F3O2. The van der Waals surface area contributed by atoms with Crippen LogP contribution in [0.4, 0.5) is 13.2 Å². The number of hydrogen-bond donors (Lipinski definition) is 0. The summed E-state index contributed by atoms with van der Waals surface area (Å²) in [5.41, 5.74) is -0.974. The summed E-state index contributed by atoms with van der Waals surface area (Å²) in [7, 11) is 1.41. The van der Waals surface area contributed by atoms with Crippen molar-refractivity contribution in [2.24, 2.45) is 5.41 Å². The topological polar surface area (TPSA) is 26.3 Å². The van der Waals surface area contributed by atoms with Crippen LogP contribution in [0.5, 0.6) is 0 Å². The fraction of sp³-hybridized carbons (Fsp3) is 0.500. The molecule has 19 heavy (non-hydrogen) atoms. The molecule has 1 unspecified atom stereocenters. The number of methoxy groups -OCH3 is 1. The van der Waals surface area contributed by atoms with E-state index < -0.39 is 23.3 Å². The minimum Gasteiger partial charge on any atom is -0.373 e. The summed E-state index contributed by atoms with van der Waals surface area (Å²) in [5, 5.41) is 0. The predicted molar refractivity (Wildman–Crippen MR) is 66.0 cm³/mol. The number of halogens is 3. The van der Waals surface area contributed by atoms with Gasteiger partial charge in [0.15, 0.2) is 5.78 Å². The van der Waals surface area contributed by atoms with Crippen molar-refractivity contribution in [2.45, 2.75) is 33.1 Å². The summed E-state index contributed by atoms with van der Waals surface area (Å²) in [4.78, 5) is 12.2. The number of carbonyl (C=O) groups is 1. The van der Waals surface area contributed by atoms with Crippen LogP contribution in [0.3, 0.4) is 0 Å².